The number of carbonyl (C=O) groups is 2. The van der Waals surface area contributed by atoms with Crippen LogP contribution in [0.3, 0.4) is 0 Å². The van der Waals surface area contributed by atoms with Gasteiger partial charge in [-0.1, -0.05) is 13.3 Å². The first-order valence-electron chi connectivity index (χ1n) is 7.42. The molecule has 2 unspecified atom stereocenters. The highest BCUT2D eigenvalue weighted by molar-refractivity contribution is 5.82. The van der Waals surface area contributed by atoms with Crippen LogP contribution in [-0.4, -0.2) is 53.0 Å². The van der Waals surface area contributed by atoms with E-state index in [1.54, 1.807) is 20.8 Å². The minimum absolute atomic E-state index is 0.187. The molecule has 0 aromatic carbocycles. The van der Waals surface area contributed by atoms with Crippen molar-refractivity contribution in [1.82, 2.24) is 4.90 Å². The summed E-state index contributed by atoms with van der Waals surface area (Å²) < 4.78 is 10.1. The number of carbonyl (C=O) groups excluding carboxylic acids is 2. The molecule has 0 spiro atoms. The summed E-state index contributed by atoms with van der Waals surface area (Å²) in [5, 5.41) is 10.5. The Morgan fingerprint density at radius 1 is 1.38 bits per heavy atom. The molecule has 1 fully saturated rings. The average Bonchev–Trinajstić information content (AvgIpc) is 2.35. The highest BCUT2D eigenvalue weighted by atomic mass is 16.6. The summed E-state index contributed by atoms with van der Waals surface area (Å²) in [6, 6.07) is -0.796. The van der Waals surface area contributed by atoms with Crippen LogP contribution in [0.4, 0.5) is 4.79 Å². The van der Waals surface area contributed by atoms with Crippen LogP contribution in [0.25, 0.3) is 0 Å². The SMILES string of the molecule is CCCC1(O)CCN(C(=O)OC(C)(C)C)C(C(=O)OC)C1. The van der Waals surface area contributed by atoms with Gasteiger partial charge in [0.05, 0.1) is 12.7 Å². The summed E-state index contributed by atoms with van der Waals surface area (Å²) in [5.41, 5.74) is -1.55. The summed E-state index contributed by atoms with van der Waals surface area (Å²) in [4.78, 5) is 25.5. The van der Waals surface area contributed by atoms with E-state index in [2.05, 4.69) is 0 Å². The molecule has 0 aromatic heterocycles. The van der Waals surface area contributed by atoms with Crippen molar-refractivity contribution in [2.75, 3.05) is 13.7 Å². The van der Waals surface area contributed by atoms with E-state index in [-0.39, 0.29) is 13.0 Å². The van der Waals surface area contributed by atoms with Crippen molar-refractivity contribution in [1.29, 1.82) is 0 Å². The van der Waals surface area contributed by atoms with Crippen molar-refractivity contribution in [3.05, 3.63) is 0 Å². The molecule has 1 rings (SSSR count). The van der Waals surface area contributed by atoms with Crippen LogP contribution in [0.15, 0.2) is 0 Å². The van der Waals surface area contributed by atoms with E-state index in [9.17, 15) is 14.7 Å². The van der Waals surface area contributed by atoms with Gasteiger partial charge in [0.15, 0.2) is 0 Å². The predicted octanol–water partition coefficient (Wildman–Crippen LogP) is 2.09. The lowest BCUT2D eigenvalue weighted by Crippen LogP contribution is -2.56. The van der Waals surface area contributed by atoms with E-state index >= 15 is 0 Å². The van der Waals surface area contributed by atoms with Gasteiger partial charge in [-0.3, -0.25) is 4.90 Å². The van der Waals surface area contributed by atoms with Gasteiger partial charge in [0.2, 0.25) is 0 Å². The molecule has 6 nitrogen and oxygen atoms in total. The van der Waals surface area contributed by atoms with Crippen molar-refractivity contribution in [2.24, 2.45) is 0 Å². The van der Waals surface area contributed by atoms with E-state index in [0.29, 0.717) is 12.8 Å². The molecule has 1 aliphatic heterocycles. The Hall–Kier alpha value is -1.30. The topological polar surface area (TPSA) is 76.1 Å². The maximum atomic E-state index is 12.2. The van der Waals surface area contributed by atoms with E-state index < -0.39 is 29.3 Å². The standard InChI is InChI=1S/C15H27NO5/c1-6-7-15(19)8-9-16(11(10-15)12(17)20-5)13(18)21-14(2,3)4/h11,19H,6-10H2,1-5H3. The lowest BCUT2D eigenvalue weighted by Gasteiger charge is -2.42. The second-order valence-corrected chi connectivity index (χ2v) is 6.64. The molecule has 1 amide bonds. The Morgan fingerprint density at radius 3 is 2.48 bits per heavy atom. The Morgan fingerprint density at radius 2 is 2.00 bits per heavy atom. The molecule has 1 aliphatic rings. The van der Waals surface area contributed by atoms with Crippen LogP contribution < -0.4 is 0 Å². The number of hydrogen-bond acceptors (Lipinski definition) is 5. The summed E-state index contributed by atoms with van der Waals surface area (Å²) in [6.45, 7) is 7.58. The molecule has 21 heavy (non-hydrogen) atoms. The van der Waals surface area contributed by atoms with Gasteiger partial charge in [0, 0.05) is 13.0 Å². The molecule has 122 valence electrons. The summed E-state index contributed by atoms with van der Waals surface area (Å²) in [5.74, 6) is -0.518. The molecule has 1 N–H and O–H groups in total. The first kappa shape index (κ1) is 17.8. The monoisotopic (exact) mass is 301 g/mol. The van der Waals surface area contributed by atoms with Gasteiger partial charge in [-0.2, -0.15) is 0 Å². The van der Waals surface area contributed by atoms with Crippen LogP contribution >= 0.6 is 0 Å². The van der Waals surface area contributed by atoms with Crippen LogP contribution in [0.1, 0.15) is 53.4 Å². The zero-order chi connectivity index (χ0) is 16.3. The minimum atomic E-state index is -0.924. The number of ether oxygens (including phenoxy) is 2. The molecule has 2 atom stereocenters. The number of hydrogen-bond donors (Lipinski definition) is 1. The number of esters is 1. The zero-order valence-electron chi connectivity index (χ0n) is 13.6. The maximum absolute atomic E-state index is 12.2. The summed E-state index contributed by atoms with van der Waals surface area (Å²) in [6.07, 6.45) is 1.50. The highest BCUT2D eigenvalue weighted by Crippen LogP contribution is 2.32. The second kappa shape index (κ2) is 6.64. The van der Waals surface area contributed by atoms with Crippen molar-refractivity contribution >= 4 is 12.1 Å². The van der Waals surface area contributed by atoms with Crippen LogP contribution in [0.5, 0.6) is 0 Å². The number of nitrogens with zero attached hydrogens (tertiary/aromatic N) is 1. The highest BCUT2D eigenvalue weighted by Gasteiger charge is 2.44. The molecule has 0 radical (unpaired) electrons. The third-order valence-electron chi connectivity index (χ3n) is 3.58. The van der Waals surface area contributed by atoms with E-state index in [1.807, 2.05) is 6.92 Å². The lowest BCUT2D eigenvalue weighted by atomic mass is 9.83. The quantitative estimate of drug-likeness (QED) is 0.808. The van der Waals surface area contributed by atoms with Gasteiger partial charge in [0.1, 0.15) is 11.6 Å². The van der Waals surface area contributed by atoms with E-state index in [4.69, 9.17) is 9.47 Å². The number of likely N-dealkylation sites (tertiary alicyclic amines) is 1. The Kier molecular flexibility index (Phi) is 5.61. The van der Waals surface area contributed by atoms with Gasteiger partial charge in [-0.15, -0.1) is 0 Å². The van der Waals surface area contributed by atoms with Crippen molar-refractivity contribution in [3.8, 4) is 0 Å². The summed E-state index contributed by atoms with van der Waals surface area (Å²) in [7, 11) is 1.28. The molecule has 0 saturated carbocycles. The minimum Gasteiger partial charge on any atom is -0.467 e. The molecular formula is C15H27NO5. The summed E-state index contributed by atoms with van der Waals surface area (Å²) >= 11 is 0. The number of amides is 1. The second-order valence-electron chi connectivity index (χ2n) is 6.64. The third-order valence-corrected chi connectivity index (χ3v) is 3.58. The number of methoxy groups -OCH3 is 1. The molecule has 1 heterocycles. The number of aliphatic hydroxyl groups is 1. The van der Waals surface area contributed by atoms with Gasteiger partial charge >= 0.3 is 12.1 Å². The fraction of sp³-hybridized carbons (Fsp3) is 0.867. The Bertz CT molecular complexity index is 390. The maximum Gasteiger partial charge on any atom is 0.411 e. The van der Waals surface area contributed by atoms with Crippen LogP contribution in [0, 0.1) is 0 Å². The average molecular weight is 301 g/mol. The Balaban J connectivity index is 2.89. The van der Waals surface area contributed by atoms with Crippen molar-refractivity contribution < 1.29 is 24.2 Å². The first-order valence-corrected chi connectivity index (χ1v) is 7.42. The molecule has 6 heteroatoms. The largest absolute Gasteiger partial charge is 0.467 e. The predicted molar refractivity (Wildman–Crippen MR) is 77.8 cm³/mol. The smallest absolute Gasteiger partial charge is 0.411 e. The Labute approximate surface area is 126 Å². The van der Waals surface area contributed by atoms with Crippen LogP contribution in [0.2, 0.25) is 0 Å². The third kappa shape index (κ3) is 4.88. The van der Waals surface area contributed by atoms with E-state index in [1.165, 1.54) is 12.0 Å². The molecular weight excluding hydrogens is 274 g/mol. The van der Waals surface area contributed by atoms with Crippen molar-refractivity contribution in [3.63, 3.8) is 0 Å². The fourth-order valence-corrected chi connectivity index (χ4v) is 2.63. The number of piperidine rings is 1. The van der Waals surface area contributed by atoms with Gasteiger partial charge in [-0.25, -0.2) is 9.59 Å². The van der Waals surface area contributed by atoms with Gasteiger partial charge < -0.3 is 14.6 Å². The molecule has 0 aromatic rings. The first-order chi connectivity index (χ1) is 9.62. The fourth-order valence-electron chi connectivity index (χ4n) is 2.63. The lowest BCUT2D eigenvalue weighted by molar-refractivity contribution is -0.153. The van der Waals surface area contributed by atoms with Gasteiger partial charge in [0.25, 0.3) is 0 Å². The molecule has 0 bridgehead atoms. The zero-order valence-corrected chi connectivity index (χ0v) is 13.6. The van der Waals surface area contributed by atoms with Gasteiger partial charge in [-0.05, 0) is 33.6 Å². The van der Waals surface area contributed by atoms with E-state index in [0.717, 1.165) is 6.42 Å². The normalized spacial score (nSPS) is 26.4. The number of rotatable bonds is 3. The molecule has 0 aliphatic carbocycles. The van der Waals surface area contributed by atoms with Crippen molar-refractivity contribution in [2.45, 2.75) is 70.6 Å². The molecule has 1 saturated heterocycles. The van der Waals surface area contributed by atoms with Crippen LogP contribution in [-0.2, 0) is 14.3 Å².